The second kappa shape index (κ2) is 4.50. The van der Waals surface area contributed by atoms with E-state index in [2.05, 4.69) is 26.8 Å². The minimum Gasteiger partial charge on any atom is -0.390 e. The van der Waals surface area contributed by atoms with Gasteiger partial charge in [0.25, 0.3) is 0 Å². The third-order valence-corrected chi connectivity index (χ3v) is 4.12. The van der Waals surface area contributed by atoms with Gasteiger partial charge in [-0.1, -0.05) is 24.5 Å². The summed E-state index contributed by atoms with van der Waals surface area (Å²) in [5.74, 6) is 0.379. The molecule has 0 aromatic rings. The summed E-state index contributed by atoms with van der Waals surface area (Å²) in [4.78, 5) is 0. The minimum absolute atomic E-state index is 0.284. The van der Waals surface area contributed by atoms with E-state index in [4.69, 9.17) is 4.74 Å². The average molecular weight is 224 g/mol. The average Bonchev–Trinajstić information content (AvgIpc) is 2.50. The van der Waals surface area contributed by atoms with Crippen molar-refractivity contribution in [2.75, 3.05) is 0 Å². The third-order valence-electron chi connectivity index (χ3n) is 4.12. The van der Waals surface area contributed by atoms with E-state index in [-0.39, 0.29) is 11.7 Å². The van der Waals surface area contributed by atoms with Gasteiger partial charge in [0.1, 0.15) is 0 Å². The summed E-state index contributed by atoms with van der Waals surface area (Å²) in [5, 5.41) is 10.4. The fourth-order valence-corrected chi connectivity index (χ4v) is 3.08. The molecule has 2 nitrogen and oxygen atoms in total. The van der Waals surface area contributed by atoms with Crippen molar-refractivity contribution in [1.82, 2.24) is 0 Å². The predicted molar refractivity (Wildman–Crippen MR) is 65.3 cm³/mol. The summed E-state index contributed by atoms with van der Waals surface area (Å²) in [6.07, 6.45) is 7.81. The fourth-order valence-electron chi connectivity index (χ4n) is 3.08. The normalized spacial score (nSPS) is 42.9. The molecule has 4 unspecified atom stereocenters. The molecule has 16 heavy (non-hydrogen) atoms. The van der Waals surface area contributed by atoms with Crippen LogP contribution in [0.15, 0.2) is 11.6 Å². The Morgan fingerprint density at radius 1 is 1.38 bits per heavy atom. The Balaban J connectivity index is 2.08. The number of fused-ring (bicyclic) bond motifs is 1. The molecule has 0 spiro atoms. The van der Waals surface area contributed by atoms with Crippen molar-refractivity contribution in [3.8, 4) is 0 Å². The van der Waals surface area contributed by atoms with Gasteiger partial charge in [0.2, 0.25) is 0 Å². The summed E-state index contributed by atoms with van der Waals surface area (Å²) in [7, 11) is 0. The Hall–Kier alpha value is -0.340. The molecule has 0 aromatic carbocycles. The first-order chi connectivity index (χ1) is 7.53. The van der Waals surface area contributed by atoms with Crippen molar-refractivity contribution < 1.29 is 9.84 Å². The second-order valence-electron chi connectivity index (χ2n) is 5.85. The number of aliphatic hydroxyl groups is 1. The first-order valence-electron chi connectivity index (χ1n) is 6.52. The molecule has 2 aliphatic rings. The van der Waals surface area contributed by atoms with Gasteiger partial charge in [-0.3, -0.25) is 0 Å². The van der Waals surface area contributed by atoms with E-state index in [1.54, 1.807) is 0 Å². The van der Waals surface area contributed by atoms with Crippen LogP contribution < -0.4 is 0 Å². The topological polar surface area (TPSA) is 29.5 Å². The maximum atomic E-state index is 10.4. The highest BCUT2D eigenvalue weighted by atomic mass is 16.5. The summed E-state index contributed by atoms with van der Waals surface area (Å²) in [6, 6.07) is 0. The summed E-state index contributed by atoms with van der Waals surface area (Å²) in [6.45, 7) is 6.25. The molecule has 0 radical (unpaired) electrons. The molecule has 1 aliphatic carbocycles. The van der Waals surface area contributed by atoms with Crippen LogP contribution in [0, 0.1) is 5.92 Å². The molecule has 0 aromatic heterocycles. The lowest BCUT2D eigenvalue weighted by atomic mass is 9.80. The van der Waals surface area contributed by atoms with E-state index < -0.39 is 0 Å². The Bertz CT molecular complexity index is 280. The molecule has 4 atom stereocenters. The first-order valence-corrected chi connectivity index (χ1v) is 6.52. The lowest BCUT2D eigenvalue weighted by Gasteiger charge is -2.27. The van der Waals surface area contributed by atoms with E-state index in [0.29, 0.717) is 12.0 Å². The zero-order valence-electron chi connectivity index (χ0n) is 10.7. The molecule has 1 N–H and O–H groups in total. The Morgan fingerprint density at radius 3 is 2.69 bits per heavy atom. The van der Waals surface area contributed by atoms with Crippen LogP contribution in [0.1, 0.15) is 52.9 Å². The Morgan fingerprint density at radius 2 is 2.06 bits per heavy atom. The number of rotatable bonds is 2. The predicted octanol–water partition coefficient (Wildman–Crippen LogP) is 3.05. The SMILES string of the molecule is CC(C)=CCC1(C)OC2CCCCC2C1O. The van der Waals surface area contributed by atoms with Crippen LogP contribution in [0.25, 0.3) is 0 Å². The largest absolute Gasteiger partial charge is 0.390 e. The number of hydrogen-bond acceptors (Lipinski definition) is 2. The molecule has 2 heteroatoms. The smallest absolute Gasteiger partial charge is 0.0954 e. The molecule has 1 heterocycles. The molecular formula is C14H24O2. The highest BCUT2D eigenvalue weighted by Gasteiger charge is 2.50. The summed E-state index contributed by atoms with van der Waals surface area (Å²) >= 11 is 0. The maximum Gasteiger partial charge on any atom is 0.0954 e. The Kier molecular flexibility index (Phi) is 3.41. The van der Waals surface area contributed by atoms with Gasteiger partial charge in [-0.05, 0) is 40.0 Å². The van der Waals surface area contributed by atoms with Gasteiger partial charge in [0.15, 0.2) is 0 Å². The molecule has 1 aliphatic heterocycles. The Labute approximate surface area is 98.7 Å². The number of aliphatic hydroxyl groups excluding tert-OH is 1. The van der Waals surface area contributed by atoms with Crippen LogP contribution >= 0.6 is 0 Å². The fraction of sp³-hybridized carbons (Fsp3) is 0.857. The number of ether oxygens (including phenoxy) is 1. The summed E-state index contributed by atoms with van der Waals surface area (Å²) < 4.78 is 6.12. The van der Waals surface area contributed by atoms with E-state index in [9.17, 15) is 5.11 Å². The van der Waals surface area contributed by atoms with Crippen molar-refractivity contribution in [2.45, 2.75) is 70.7 Å². The van der Waals surface area contributed by atoms with Crippen LogP contribution in [-0.2, 0) is 4.74 Å². The molecule has 2 rings (SSSR count). The molecular weight excluding hydrogens is 200 g/mol. The van der Waals surface area contributed by atoms with Crippen LogP contribution in [0.4, 0.5) is 0 Å². The zero-order valence-corrected chi connectivity index (χ0v) is 10.7. The zero-order chi connectivity index (χ0) is 11.8. The van der Waals surface area contributed by atoms with Crippen LogP contribution in [0.5, 0.6) is 0 Å². The van der Waals surface area contributed by atoms with Crippen molar-refractivity contribution in [3.05, 3.63) is 11.6 Å². The quantitative estimate of drug-likeness (QED) is 0.730. The van der Waals surface area contributed by atoms with Crippen molar-refractivity contribution in [3.63, 3.8) is 0 Å². The van der Waals surface area contributed by atoms with Gasteiger partial charge in [0.05, 0.1) is 17.8 Å². The van der Waals surface area contributed by atoms with Gasteiger partial charge in [-0.2, -0.15) is 0 Å². The lowest BCUT2D eigenvalue weighted by Crippen LogP contribution is -2.38. The minimum atomic E-state index is -0.350. The van der Waals surface area contributed by atoms with E-state index in [0.717, 1.165) is 19.3 Å². The van der Waals surface area contributed by atoms with Crippen molar-refractivity contribution in [1.29, 1.82) is 0 Å². The monoisotopic (exact) mass is 224 g/mol. The molecule has 2 fully saturated rings. The first kappa shape index (κ1) is 12.1. The van der Waals surface area contributed by atoms with Gasteiger partial charge in [0, 0.05) is 5.92 Å². The molecule has 92 valence electrons. The molecule has 0 amide bonds. The number of hydrogen-bond donors (Lipinski definition) is 1. The highest BCUT2D eigenvalue weighted by Crippen LogP contribution is 2.44. The van der Waals surface area contributed by atoms with Crippen LogP contribution in [0.2, 0.25) is 0 Å². The van der Waals surface area contributed by atoms with E-state index >= 15 is 0 Å². The number of allylic oxidation sites excluding steroid dienone is 1. The van der Waals surface area contributed by atoms with E-state index in [1.807, 2.05) is 0 Å². The van der Waals surface area contributed by atoms with Crippen molar-refractivity contribution in [2.24, 2.45) is 5.92 Å². The van der Waals surface area contributed by atoms with Gasteiger partial charge in [-0.15, -0.1) is 0 Å². The standard InChI is InChI=1S/C14H24O2/c1-10(2)8-9-14(3)13(15)11-6-4-5-7-12(11)16-14/h8,11-13,15H,4-7,9H2,1-3H3. The second-order valence-corrected chi connectivity index (χ2v) is 5.85. The van der Waals surface area contributed by atoms with Crippen LogP contribution in [0.3, 0.4) is 0 Å². The van der Waals surface area contributed by atoms with Crippen molar-refractivity contribution >= 4 is 0 Å². The maximum absolute atomic E-state index is 10.4. The van der Waals surface area contributed by atoms with Gasteiger partial charge >= 0.3 is 0 Å². The van der Waals surface area contributed by atoms with E-state index in [1.165, 1.54) is 18.4 Å². The highest BCUT2D eigenvalue weighted by molar-refractivity contribution is 5.06. The molecule has 0 bridgehead atoms. The van der Waals surface area contributed by atoms with Crippen LogP contribution in [-0.4, -0.2) is 22.9 Å². The summed E-state index contributed by atoms with van der Waals surface area (Å²) in [5.41, 5.74) is 0.948. The molecule has 1 saturated carbocycles. The molecule has 1 saturated heterocycles. The van der Waals surface area contributed by atoms with Gasteiger partial charge < -0.3 is 9.84 Å². The third kappa shape index (κ3) is 2.18. The lowest BCUT2D eigenvalue weighted by molar-refractivity contribution is -0.0693. The van der Waals surface area contributed by atoms with Gasteiger partial charge in [-0.25, -0.2) is 0 Å².